The van der Waals surface area contributed by atoms with E-state index in [0.717, 1.165) is 30.5 Å². The Morgan fingerprint density at radius 1 is 1.12 bits per heavy atom. The number of esters is 1. The standard InChI is InChI=1S/C26H29NO5/c1-27-12-11-26-15-22(32-25(29)16-7-5-4-6-8-16)21(31-3)14-18(26)19(27)13-17-9-10-20(30-2)24(28)23(17)26/h4-10,14,18-19,22,28H,11-13,15H2,1-3H3/t18-,19-,22?,26+/m0/s1. The van der Waals surface area contributed by atoms with E-state index in [0.29, 0.717) is 29.5 Å². The monoisotopic (exact) mass is 435 g/mol. The summed E-state index contributed by atoms with van der Waals surface area (Å²) < 4.78 is 17.2. The van der Waals surface area contributed by atoms with Crippen LogP contribution in [0, 0.1) is 5.92 Å². The van der Waals surface area contributed by atoms with Crippen LogP contribution in [0.25, 0.3) is 0 Å². The quantitative estimate of drug-likeness (QED) is 0.739. The molecule has 0 radical (unpaired) electrons. The van der Waals surface area contributed by atoms with Crippen molar-refractivity contribution < 1.29 is 24.1 Å². The molecule has 6 nitrogen and oxygen atoms in total. The molecule has 1 unspecified atom stereocenters. The lowest BCUT2D eigenvalue weighted by molar-refractivity contribution is -0.0215. The molecule has 2 aliphatic carbocycles. The number of phenolic OH excluding ortho intramolecular Hbond substituents is 1. The molecule has 2 bridgehead atoms. The summed E-state index contributed by atoms with van der Waals surface area (Å²) in [5, 5.41) is 11.2. The second kappa shape index (κ2) is 7.85. The number of rotatable bonds is 4. The fourth-order valence-electron chi connectivity index (χ4n) is 6.05. The molecule has 0 aromatic heterocycles. The minimum atomic E-state index is -0.524. The number of methoxy groups -OCH3 is 2. The number of ether oxygens (including phenoxy) is 3. The van der Waals surface area contributed by atoms with Gasteiger partial charge in [0.05, 0.1) is 19.8 Å². The summed E-state index contributed by atoms with van der Waals surface area (Å²) in [5.41, 5.74) is 2.24. The van der Waals surface area contributed by atoms with Gasteiger partial charge in [-0.1, -0.05) is 24.3 Å². The minimum Gasteiger partial charge on any atom is -0.504 e. The molecule has 2 aromatic carbocycles. The van der Waals surface area contributed by atoms with Crippen molar-refractivity contribution >= 4 is 5.97 Å². The van der Waals surface area contributed by atoms with E-state index >= 15 is 0 Å². The van der Waals surface area contributed by atoms with Crippen LogP contribution in [0.5, 0.6) is 11.5 Å². The van der Waals surface area contributed by atoms with E-state index in [1.54, 1.807) is 26.4 Å². The third-order valence-electron chi connectivity index (χ3n) is 7.61. The van der Waals surface area contributed by atoms with Crippen LogP contribution in [0.2, 0.25) is 0 Å². The lowest BCUT2D eigenvalue weighted by atomic mass is 9.53. The Bertz CT molecular complexity index is 1070. The van der Waals surface area contributed by atoms with Crippen LogP contribution in [-0.2, 0) is 21.3 Å². The molecule has 5 rings (SSSR count). The molecular formula is C26H29NO5. The van der Waals surface area contributed by atoms with E-state index in [-0.39, 0.29) is 23.1 Å². The third kappa shape index (κ3) is 3.08. The van der Waals surface area contributed by atoms with Gasteiger partial charge in [0, 0.05) is 29.4 Å². The molecular weight excluding hydrogens is 406 g/mol. The number of hydrogen-bond acceptors (Lipinski definition) is 6. The smallest absolute Gasteiger partial charge is 0.338 e. The Labute approximate surface area is 188 Å². The molecule has 1 heterocycles. The zero-order chi connectivity index (χ0) is 22.5. The Kier molecular flexibility index (Phi) is 5.13. The number of carbonyl (C=O) groups excluding carboxylic acids is 1. The molecule has 0 amide bonds. The van der Waals surface area contributed by atoms with E-state index in [1.807, 2.05) is 24.3 Å². The summed E-state index contributed by atoms with van der Waals surface area (Å²) in [6.07, 6.45) is 3.87. The molecule has 4 atom stereocenters. The van der Waals surface area contributed by atoms with E-state index in [9.17, 15) is 9.90 Å². The lowest BCUT2D eigenvalue weighted by Gasteiger charge is -2.57. The molecule has 1 aliphatic heterocycles. The van der Waals surface area contributed by atoms with Gasteiger partial charge in [0.2, 0.25) is 0 Å². The number of piperidine rings is 1. The Morgan fingerprint density at radius 3 is 2.62 bits per heavy atom. The molecule has 3 aliphatic rings. The molecule has 6 heteroatoms. The van der Waals surface area contributed by atoms with Crippen molar-refractivity contribution in [3.05, 3.63) is 71.0 Å². The number of likely N-dealkylation sites (tertiary alicyclic amines) is 1. The number of likely N-dealkylation sites (N-methyl/N-ethyl adjacent to an activating group) is 1. The first-order valence-corrected chi connectivity index (χ1v) is 11.1. The Balaban J connectivity index is 1.60. The van der Waals surface area contributed by atoms with E-state index in [1.165, 1.54) is 0 Å². The molecule has 32 heavy (non-hydrogen) atoms. The van der Waals surface area contributed by atoms with Gasteiger partial charge in [0.1, 0.15) is 5.76 Å². The van der Waals surface area contributed by atoms with Crippen molar-refractivity contribution in [3.63, 3.8) is 0 Å². The third-order valence-corrected chi connectivity index (χ3v) is 7.61. The van der Waals surface area contributed by atoms with Crippen molar-refractivity contribution in [2.75, 3.05) is 27.8 Å². The summed E-state index contributed by atoms with van der Waals surface area (Å²) in [4.78, 5) is 15.3. The summed E-state index contributed by atoms with van der Waals surface area (Å²) in [5.74, 6) is 1.15. The van der Waals surface area contributed by atoms with E-state index in [2.05, 4.69) is 24.1 Å². The number of fused-ring (bicyclic) bond motifs is 1. The van der Waals surface area contributed by atoms with Crippen LogP contribution < -0.4 is 4.74 Å². The zero-order valence-electron chi connectivity index (χ0n) is 18.7. The molecule has 2 aromatic rings. The van der Waals surface area contributed by atoms with Gasteiger partial charge in [0.15, 0.2) is 17.6 Å². The number of phenols is 1. The number of nitrogens with zero attached hydrogens (tertiary/aromatic N) is 1. The highest BCUT2D eigenvalue weighted by Crippen LogP contribution is 2.58. The molecule has 0 spiro atoms. The van der Waals surface area contributed by atoms with Crippen molar-refractivity contribution in [3.8, 4) is 11.5 Å². The number of carbonyl (C=O) groups is 1. The van der Waals surface area contributed by atoms with Gasteiger partial charge in [-0.25, -0.2) is 4.79 Å². The van der Waals surface area contributed by atoms with Crippen LogP contribution in [0.15, 0.2) is 54.3 Å². The average molecular weight is 436 g/mol. The van der Waals surface area contributed by atoms with Gasteiger partial charge in [0.25, 0.3) is 0 Å². The van der Waals surface area contributed by atoms with Gasteiger partial charge >= 0.3 is 5.97 Å². The molecule has 168 valence electrons. The topological polar surface area (TPSA) is 68.2 Å². The van der Waals surface area contributed by atoms with Gasteiger partial charge in [-0.3, -0.25) is 0 Å². The van der Waals surface area contributed by atoms with Crippen LogP contribution in [0.1, 0.15) is 34.3 Å². The van der Waals surface area contributed by atoms with Crippen LogP contribution in [0.3, 0.4) is 0 Å². The van der Waals surface area contributed by atoms with Gasteiger partial charge in [-0.05, 0) is 56.3 Å². The normalized spacial score (nSPS) is 28.7. The Morgan fingerprint density at radius 2 is 1.91 bits per heavy atom. The number of benzene rings is 2. The highest BCUT2D eigenvalue weighted by Gasteiger charge is 2.57. The van der Waals surface area contributed by atoms with Crippen molar-refractivity contribution in [1.82, 2.24) is 4.90 Å². The SMILES string of the molecule is COC1=C[C@H]2[C@@H]3Cc4ccc(OC)c(O)c4[C@]2(CCN3C)CC1OC(=O)c1ccccc1. The zero-order valence-corrected chi connectivity index (χ0v) is 18.7. The maximum Gasteiger partial charge on any atom is 0.338 e. The first-order chi connectivity index (χ1) is 15.5. The minimum absolute atomic E-state index is 0.147. The van der Waals surface area contributed by atoms with Gasteiger partial charge < -0.3 is 24.2 Å². The van der Waals surface area contributed by atoms with Crippen LogP contribution in [0.4, 0.5) is 0 Å². The van der Waals surface area contributed by atoms with E-state index < -0.39 is 6.10 Å². The lowest BCUT2D eigenvalue weighted by Crippen LogP contribution is -2.61. The fourth-order valence-corrected chi connectivity index (χ4v) is 6.05. The van der Waals surface area contributed by atoms with Gasteiger partial charge in [-0.15, -0.1) is 0 Å². The highest BCUT2D eigenvalue weighted by atomic mass is 16.6. The van der Waals surface area contributed by atoms with Crippen molar-refractivity contribution in [1.29, 1.82) is 0 Å². The fraction of sp³-hybridized carbons (Fsp3) is 0.423. The Hall–Kier alpha value is -2.99. The summed E-state index contributed by atoms with van der Waals surface area (Å²) >= 11 is 0. The second-order valence-corrected chi connectivity index (χ2v) is 9.07. The largest absolute Gasteiger partial charge is 0.504 e. The first kappa shape index (κ1) is 20.9. The second-order valence-electron chi connectivity index (χ2n) is 9.07. The molecule has 1 saturated heterocycles. The van der Waals surface area contributed by atoms with Crippen molar-refractivity contribution in [2.24, 2.45) is 5.92 Å². The molecule has 1 N–H and O–H groups in total. The maximum atomic E-state index is 12.9. The predicted octanol–water partition coefficient (Wildman–Crippen LogP) is 3.67. The summed E-state index contributed by atoms with van der Waals surface area (Å²) in [6.45, 7) is 0.909. The number of hydrogen-bond donors (Lipinski definition) is 1. The van der Waals surface area contributed by atoms with Crippen LogP contribution >= 0.6 is 0 Å². The van der Waals surface area contributed by atoms with E-state index in [4.69, 9.17) is 14.2 Å². The van der Waals surface area contributed by atoms with Gasteiger partial charge in [-0.2, -0.15) is 0 Å². The molecule has 0 saturated carbocycles. The van der Waals surface area contributed by atoms with Crippen LogP contribution in [-0.4, -0.2) is 55.9 Å². The molecule has 1 fully saturated rings. The number of aromatic hydroxyl groups is 1. The summed E-state index contributed by atoms with van der Waals surface area (Å²) in [7, 11) is 5.36. The maximum absolute atomic E-state index is 12.9. The average Bonchev–Trinajstić information content (AvgIpc) is 2.81. The van der Waals surface area contributed by atoms with Crippen molar-refractivity contribution in [2.45, 2.75) is 36.8 Å². The highest BCUT2D eigenvalue weighted by molar-refractivity contribution is 5.89. The summed E-state index contributed by atoms with van der Waals surface area (Å²) in [6, 6.07) is 13.2. The first-order valence-electron chi connectivity index (χ1n) is 11.1. The predicted molar refractivity (Wildman–Crippen MR) is 120 cm³/mol.